The van der Waals surface area contributed by atoms with Gasteiger partial charge in [-0.25, -0.2) is 4.79 Å². The van der Waals surface area contributed by atoms with Gasteiger partial charge in [0.25, 0.3) is 11.5 Å². The maximum atomic E-state index is 13.2. The maximum absolute atomic E-state index is 13.2. The number of nitrogens with one attached hydrogen (secondary N) is 1. The SMILES string of the molecule is CCC(C)NC(=O)c1nn(-c2cc(C)cc(C)c2)c(=O)n(Cc2ccc(C(F)(F)F)cc2)c1=O. The second kappa shape index (κ2) is 9.66. The van der Waals surface area contributed by atoms with Gasteiger partial charge in [0.05, 0.1) is 17.8 Å². The zero-order valence-electron chi connectivity index (χ0n) is 19.2. The van der Waals surface area contributed by atoms with Gasteiger partial charge in [0.2, 0.25) is 5.69 Å². The van der Waals surface area contributed by atoms with Crippen LogP contribution in [-0.2, 0) is 12.7 Å². The molecule has 1 amide bonds. The number of amides is 1. The van der Waals surface area contributed by atoms with Crippen LogP contribution in [0.1, 0.15) is 53.0 Å². The molecule has 0 aliphatic carbocycles. The fraction of sp³-hybridized carbons (Fsp3) is 0.333. The molecular formula is C24H25F3N4O3. The molecule has 3 rings (SSSR count). The molecule has 3 aromatic rings. The van der Waals surface area contributed by atoms with Gasteiger partial charge in [-0.1, -0.05) is 25.1 Å². The lowest BCUT2D eigenvalue weighted by molar-refractivity contribution is -0.137. The van der Waals surface area contributed by atoms with E-state index in [1.165, 1.54) is 12.1 Å². The third-order valence-corrected chi connectivity index (χ3v) is 5.34. The molecule has 2 aromatic carbocycles. The molecule has 0 fully saturated rings. The highest BCUT2D eigenvalue weighted by Crippen LogP contribution is 2.29. The molecule has 1 aromatic heterocycles. The summed E-state index contributed by atoms with van der Waals surface area (Å²) in [6.07, 6.45) is -3.90. The van der Waals surface area contributed by atoms with Crippen LogP contribution in [0.15, 0.2) is 52.1 Å². The number of halogens is 3. The standard InChI is InChI=1S/C24H25F3N4O3/c1-5-16(4)28-21(32)20-22(33)30(13-17-6-8-18(9-7-17)24(25,26)27)23(34)31(29-20)19-11-14(2)10-15(3)12-19/h6-12,16H,5,13H2,1-4H3,(H,28,32). The van der Waals surface area contributed by atoms with Crippen molar-refractivity contribution in [3.05, 3.63) is 91.3 Å². The summed E-state index contributed by atoms with van der Waals surface area (Å²) in [7, 11) is 0. The van der Waals surface area contributed by atoms with Gasteiger partial charge < -0.3 is 5.32 Å². The number of aryl methyl sites for hydroxylation is 2. The largest absolute Gasteiger partial charge is 0.416 e. The quantitative estimate of drug-likeness (QED) is 0.592. The minimum absolute atomic E-state index is 0.237. The van der Waals surface area contributed by atoms with Crippen LogP contribution in [0, 0.1) is 13.8 Å². The Morgan fingerprint density at radius 3 is 2.18 bits per heavy atom. The summed E-state index contributed by atoms with van der Waals surface area (Å²) in [4.78, 5) is 39.1. The van der Waals surface area contributed by atoms with Crippen LogP contribution >= 0.6 is 0 Å². The number of aromatic nitrogens is 3. The first-order valence-electron chi connectivity index (χ1n) is 10.7. The Morgan fingerprint density at radius 2 is 1.65 bits per heavy atom. The molecule has 0 saturated heterocycles. The first kappa shape index (κ1) is 24.9. The van der Waals surface area contributed by atoms with Crippen LogP contribution in [0.2, 0.25) is 0 Å². The molecule has 0 saturated carbocycles. The number of hydrogen-bond donors (Lipinski definition) is 1. The monoisotopic (exact) mass is 474 g/mol. The molecule has 10 heteroatoms. The maximum Gasteiger partial charge on any atom is 0.416 e. The summed E-state index contributed by atoms with van der Waals surface area (Å²) in [6, 6.07) is 9.16. The van der Waals surface area contributed by atoms with Gasteiger partial charge in [0.1, 0.15) is 0 Å². The van der Waals surface area contributed by atoms with Gasteiger partial charge in [-0.3, -0.25) is 14.2 Å². The van der Waals surface area contributed by atoms with E-state index in [2.05, 4.69) is 10.4 Å². The van der Waals surface area contributed by atoms with Crippen LogP contribution in [0.4, 0.5) is 13.2 Å². The van der Waals surface area contributed by atoms with E-state index in [0.29, 0.717) is 17.7 Å². The lowest BCUT2D eigenvalue weighted by Gasteiger charge is -2.15. The number of nitrogens with zero attached hydrogens (tertiary/aromatic N) is 3. The second-order valence-electron chi connectivity index (χ2n) is 8.26. The minimum atomic E-state index is -4.51. The van der Waals surface area contributed by atoms with Gasteiger partial charge in [0.15, 0.2) is 0 Å². The molecule has 7 nitrogen and oxygen atoms in total. The number of carbonyl (C=O) groups excluding carboxylic acids is 1. The number of carbonyl (C=O) groups is 1. The Hall–Kier alpha value is -3.69. The number of alkyl halides is 3. The Kier molecular flexibility index (Phi) is 7.09. The van der Waals surface area contributed by atoms with E-state index in [0.717, 1.165) is 32.5 Å². The third-order valence-electron chi connectivity index (χ3n) is 5.34. The van der Waals surface area contributed by atoms with Crippen LogP contribution in [0.3, 0.4) is 0 Å². The summed E-state index contributed by atoms with van der Waals surface area (Å²) in [5.41, 5.74) is -0.726. The molecule has 1 N–H and O–H groups in total. The summed E-state index contributed by atoms with van der Waals surface area (Å²) >= 11 is 0. The number of benzene rings is 2. The molecule has 0 spiro atoms. The van der Waals surface area contributed by atoms with Gasteiger partial charge in [-0.2, -0.15) is 23.0 Å². The average molecular weight is 474 g/mol. The Morgan fingerprint density at radius 1 is 1.06 bits per heavy atom. The molecular weight excluding hydrogens is 449 g/mol. The van der Waals surface area contributed by atoms with Crippen molar-refractivity contribution in [2.24, 2.45) is 0 Å². The van der Waals surface area contributed by atoms with Crippen molar-refractivity contribution in [2.75, 3.05) is 0 Å². The van der Waals surface area contributed by atoms with E-state index < -0.39 is 34.6 Å². The third kappa shape index (κ3) is 5.44. The molecule has 34 heavy (non-hydrogen) atoms. The number of rotatable bonds is 6. The van der Waals surface area contributed by atoms with Gasteiger partial charge in [-0.15, -0.1) is 0 Å². The van der Waals surface area contributed by atoms with E-state index in [9.17, 15) is 27.6 Å². The fourth-order valence-electron chi connectivity index (χ4n) is 3.41. The Balaban J connectivity index is 2.17. The highest BCUT2D eigenvalue weighted by atomic mass is 19.4. The zero-order valence-corrected chi connectivity index (χ0v) is 19.2. The van der Waals surface area contributed by atoms with Crippen LogP contribution in [-0.4, -0.2) is 26.3 Å². The van der Waals surface area contributed by atoms with E-state index in [1.807, 2.05) is 26.8 Å². The van der Waals surface area contributed by atoms with Crippen molar-refractivity contribution < 1.29 is 18.0 Å². The van der Waals surface area contributed by atoms with Gasteiger partial charge >= 0.3 is 11.9 Å². The molecule has 0 aliphatic rings. The van der Waals surface area contributed by atoms with Crippen molar-refractivity contribution >= 4 is 5.91 Å². The van der Waals surface area contributed by atoms with Crippen molar-refractivity contribution in [1.29, 1.82) is 0 Å². The van der Waals surface area contributed by atoms with Gasteiger partial charge in [-0.05, 0) is 68.1 Å². The normalized spacial score (nSPS) is 12.4. The smallest absolute Gasteiger partial charge is 0.348 e. The predicted octanol–water partition coefficient (Wildman–Crippen LogP) is 3.61. The van der Waals surface area contributed by atoms with E-state index >= 15 is 0 Å². The van der Waals surface area contributed by atoms with E-state index in [1.54, 1.807) is 19.1 Å². The van der Waals surface area contributed by atoms with Crippen molar-refractivity contribution in [3.8, 4) is 5.69 Å². The van der Waals surface area contributed by atoms with E-state index in [4.69, 9.17) is 0 Å². The fourth-order valence-corrected chi connectivity index (χ4v) is 3.41. The lowest BCUT2D eigenvalue weighted by Crippen LogP contribution is -2.47. The first-order valence-corrected chi connectivity index (χ1v) is 10.7. The zero-order chi connectivity index (χ0) is 25.2. The highest BCUT2D eigenvalue weighted by molar-refractivity contribution is 5.91. The lowest BCUT2D eigenvalue weighted by atomic mass is 10.1. The molecule has 1 atom stereocenters. The van der Waals surface area contributed by atoms with Crippen molar-refractivity contribution in [2.45, 2.75) is 52.9 Å². The van der Waals surface area contributed by atoms with Crippen molar-refractivity contribution in [1.82, 2.24) is 19.7 Å². The Labute approximate surface area is 193 Å². The van der Waals surface area contributed by atoms with E-state index in [-0.39, 0.29) is 12.6 Å². The summed E-state index contributed by atoms with van der Waals surface area (Å²) < 4.78 is 40.5. The van der Waals surface area contributed by atoms with Crippen LogP contribution in [0.25, 0.3) is 5.69 Å². The van der Waals surface area contributed by atoms with Crippen molar-refractivity contribution in [3.63, 3.8) is 0 Å². The molecule has 0 bridgehead atoms. The van der Waals surface area contributed by atoms with Crippen LogP contribution in [0.5, 0.6) is 0 Å². The first-order chi connectivity index (χ1) is 15.9. The van der Waals surface area contributed by atoms with Crippen LogP contribution < -0.4 is 16.6 Å². The molecule has 0 aliphatic heterocycles. The molecule has 1 unspecified atom stereocenters. The number of hydrogen-bond acceptors (Lipinski definition) is 4. The highest BCUT2D eigenvalue weighted by Gasteiger charge is 2.30. The summed E-state index contributed by atoms with van der Waals surface area (Å²) in [5, 5.41) is 6.74. The Bertz CT molecular complexity index is 1310. The second-order valence-corrected chi connectivity index (χ2v) is 8.26. The molecule has 1 heterocycles. The van der Waals surface area contributed by atoms with Gasteiger partial charge in [0, 0.05) is 6.04 Å². The molecule has 180 valence electrons. The summed E-state index contributed by atoms with van der Waals surface area (Å²) in [5.74, 6) is -0.737. The topological polar surface area (TPSA) is 86.0 Å². The average Bonchev–Trinajstić information content (AvgIpc) is 2.75. The molecule has 0 radical (unpaired) electrons. The predicted molar refractivity (Wildman–Crippen MR) is 121 cm³/mol. The minimum Gasteiger partial charge on any atom is -0.348 e. The summed E-state index contributed by atoms with van der Waals surface area (Å²) in [6.45, 7) is 6.95.